The molecule has 124 valence electrons. The molecular weight excluding hydrogens is 412 g/mol. The van der Waals surface area contributed by atoms with Crippen LogP contribution in [-0.2, 0) is 0 Å². The van der Waals surface area contributed by atoms with Gasteiger partial charge < -0.3 is 0 Å². The number of benzene rings is 1. The van der Waals surface area contributed by atoms with Crippen LogP contribution in [0.15, 0.2) is 24.4 Å². The second-order valence-electron chi connectivity index (χ2n) is 4.74. The van der Waals surface area contributed by atoms with Gasteiger partial charge in [0.2, 0.25) is 0 Å². The van der Waals surface area contributed by atoms with Crippen molar-refractivity contribution in [3.8, 4) is 0 Å². The number of thiazole rings is 1. The van der Waals surface area contributed by atoms with Crippen molar-refractivity contribution in [2.24, 2.45) is 0 Å². The van der Waals surface area contributed by atoms with E-state index in [1.807, 2.05) is 13.0 Å². The third-order valence-electron chi connectivity index (χ3n) is 3.25. The monoisotopic (exact) mass is 419 g/mol. The zero-order chi connectivity index (χ0) is 17.4. The van der Waals surface area contributed by atoms with Crippen LogP contribution in [0.3, 0.4) is 0 Å². The summed E-state index contributed by atoms with van der Waals surface area (Å²) in [5, 5.41) is 1.43. The number of nitrogens with zero attached hydrogens (tertiary/aromatic N) is 3. The molecule has 2 aromatic heterocycles. The normalized spacial score (nSPS) is 11.0. The third-order valence-corrected chi connectivity index (χ3v) is 5.79. The van der Waals surface area contributed by atoms with Crippen molar-refractivity contribution < 1.29 is 4.79 Å². The Morgan fingerprint density at radius 2 is 1.96 bits per heavy atom. The first kappa shape index (κ1) is 17.7. The average molecular weight is 421 g/mol. The summed E-state index contributed by atoms with van der Waals surface area (Å²) in [5.74, 6) is -0.397. The molecule has 0 saturated heterocycles. The molecule has 0 N–H and O–H groups in total. The summed E-state index contributed by atoms with van der Waals surface area (Å²) in [6.45, 7) is 2.23. The highest BCUT2D eigenvalue weighted by molar-refractivity contribution is 7.22. The number of hydrogen-bond acceptors (Lipinski definition) is 4. The summed E-state index contributed by atoms with van der Waals surface area (Å²) in [4.78, 5) is 22.8. The molecule has 9 heteroatoms. The van der Waals surface area contributed by atoms with Crippen molar-refractivity contribution in [3.05, 3.63) is 50.2 Å². The Labute approximate surface area is 161 Å². The van der Waals surface area contributed by atoms with E-state index in [0.717, 1.165) is 10.2 Å². The molecule has 2 heterocycles. The van der Waals surface area contributed by atoms with E-state index in [0.29, 0.717) is 16.7 Å². The molecule has 0 bridgehead atoms. The molecule has 0 saturated carbocycles. The van der Waals surface area contributed by atoms with Crippen LogP contribution in [0, 0.1) is 0 Å². The van der Waals surface area contributed by atoms with Gasteiger partial charge in [0, 0.05) is 17.8 Å². The molecule has 0 fully saturated rings. The lowest BCUT2D eigenvalue weighted by Gasteiger charge is -2.18. The largest absolute Gasteiger partial charge is 0.283 e. The maximum absolute atomic E-state index is 12.8. The number of anilines is 1. The Balaban J connectivity index is 2.04. The van der Waals surface area contributed by atoms with Crippen LogP contribution in [0.25, 0.3) is 10.2 Å². The Hall–Kier alpha value is -1.11. The molecule has 0 aliphatic heterocycles. The number of fused-ring (bicyclic) bond motifs is 1. The molecular formula is C15H9Cl4N3OS. The first-order valence-corrected chi connectivity index (χ1v) is 9.12. The van der Waals surface area contributed by atoms with E-state index in [4.69, 9.17) is 46.4 Å². The number of amides is 1. The Morgan fingerprint density at radius 3 is 2.67 bits per heavy atom. The van der Waals surface area contributed by atoms with Crippen molar-refractivity contribution in [1.82, 2.24) is 9.97 Å². The van der Waals surface area contributed by atoms with E-state index in [1.165, 1.54) is 22.4 Å². The van der Waals surface area contributed by atoms with E-state index in [1.54, 1.807) is 12.1 Å². The fourth-order valence-corrected chi connectivity index (χ4v) is 3.83. The van der Waals surface area contributed by atoms with Crippen LogP contribution >= 0.6 is 57.7 Å². The second-order valence-corrected chi connectivity index (χ2v) is 7.35. The minimum Gasteiger partial charge on any atom is -0.283 e. The Kier molecular flexibility index (Phi) is 5.18. The first-order chi connectivity index (χ1) is 11.4. The molecule has 1 aromatic carbocycles. The maximum Gasteiger partial charge on any atom is 0.280 e. The number of pyridine rings is 1. The molecule has 3 rings (SSSR count). The molecule has 0 aliphatic rings. The van der Waals surface area contributed by atoms with Crippen molar-refractivity contribution in [3.63, 3.8) is 0 Å². The fraction of sp³-hybridized carbons (Fsp3) is 0.133. The van der Waals surface area contributed by atoms with Gasteiger partial charge in [0.15, 0.2) is 5.13 Å². The summed E-state index contributed by atoms with van der Waals surface area (Å²) in [7, 11) is 0. The molecule has 3 aromatic rings. The first-order valence-electron chi connectivity index (χ1n) is 6.79. The van der Waals surface area contributed by atoms with E-state index >= 15 is 0 Å². The van der Waals surface area contributed by atoms with Gasteiger partial charge in [-0.15, -0.1) is 0 Å². The van der Waals surface area contributed by atoms with Crippen LogP contribution in [0.5, 0.6) is 0 Å². The Bertz CT molecular complexity index is 944. The molecule has 0 unspecified atom stereocenters. The van der Waals surface area contributed by atoms with E-state index in [-0.39, 0.29) is 20.8 Å². The van der Waals surface area contributed by atoms with Crippen molar-refractivity contribution in [1.29, 1.82) is 0 Å². The van der Waals surface area contributed by atoms with Crippen LogP contribution < -0.4 is 4.90 Å². The summed E-state index contributed by atoms with van der Waals surface area (Å²) < 4.78 is 0.925. The lowest BCUT2D eigenvalue weighted by Crippen LogP contribution is -2.31. The van der Waals surface area contributed by atoms with Crippen LogP contribution in [0.1, 0.15) is 17.4 Å². The number of aromatic nitrogens is 2. The summed E-state index contributed by atoms with van der Waals surface area (Å²) in [6, 6.07) is 5.39. The van der Waals surface area contributed by atoms with Gasteiger partial charge in [-0.3, -0.25) is 9.69 Å². The standard InChI is InChI=1S/C15H9Cl4N3OS/c1-2-22(14(23)13-12(19)11(18)8(17)6-20-13)15-21-9-5-7(16)3-4-10(9)24-15/h3-6H,2H2,1H3. The minimum atomic E-state index is -0.397. The highest BCUT2D eigenvalue weighted by Crippen LogP contribution is 2.34. The third kappa shape index (κ3) is 3.19. The molecule has 24 heavy (non-hydrogen) atoms. The molecule has 0 aliphatic carbocycles. The topological polar surface area (TPSA) is 46.1 Å². The number of carbonyl (C=O) groups excluding carboxylic acids is 1. The maximum atomic E-state index is 12.8. The number of carbonyl (C=O) groups is 1. The lowest BCUT2D eigenvalue weighted by atomic mass is 10.3. The summed E-state index contributed by atoms with van der Waals surface area (Å²) >= 11 is 25.3. The van der Waals surface area contributed by atoms with Gasteiger partial charge in [-0.2, -0.15) is 0 Å². The van der Waals surface area contributed by atoms with Crippen molar-refractivity contribution >= 4 is 79.0 Å². The van der Waals surface area contributed by atoms with Crippen LogP contribution in [-0.4, -0.2) is 22.4 Å². The fourth-order valence-electron chi connectivity index (χ4n) is 2.09. The van der Waals surface area contributed by atoms with Gasteiger partial charge in [-0.25, -0.2) is 9.97 Å². The van der Waals surface area contributed by atoms with Gasteiger partial charge in [0.05, 0.1) is 25.3 Å². The summed E-state index contributed by atoms with van der Waals surface area (Å²) in [5.41, 5.74) is 0.757. The lowest BCUT2D eigenvalue weighted by molar-refractivity contribution is 0.0983. The predicted molar refractivity (Wildman–Crippen MR) is 101 cm³/mol. The SMILES string of the molecule is CCN(C(=O)c1ncc(Cl)c(Cl)c1Cl)c1nc2cc(Cl)ccc2s1. The molecule has 1 amide bonds. The minimum absolute atomic E-state index is 0.0248. The molecule has 0 spiro atoms. The number of halogens is 4. The van der Waals surface area contributed by atoms with Crippen molar-refractivity contribution in [2.75, 3.05) is 11.4 Å². The zero-order valence-corrected chi connectivity index (χ0v) is 16.0. The summed E-state index contributed by atoms with van der Waals surface area (Å²) in [6.07, 6.45) is 1.30. The molecule has 0 radical (unpaired) electrons. The zero-order valence-electron chi connectivity index (χ0n) is 12.2. The van der Waals surface area contributed by atoms with Gasteiger partial charge in [0.1, 0.15) is 5.69 Å². The van der Waals surface area contributed by atoms with E-state index in [9.17, 15) is 4.79 Å². The van der Waals surface area contributed by atoms with Crippen LogP contribution in [0.4, 0.5) is 5.13 Å². The smallest absolute Gasteiger partial charge is 0.280 e. The van der Waals surface area contributed by atoms with Crippen LogP contribution in [0.2, 0.25) is 20.1 Å². The second kappa shape index (κ2) is 7.02. The Morgan fingerprint density at radius 1 is 1.21 bits per heavy atom. The van der Waals surface area contributed by atoms with Gasteiger partial charge in [-0.05, 0) is 25.1 Å². The van der Waals surface area contributed by atoms with Crippen molar-refractivity contribution in [2.45, 2.75) is 6.92 Å². The highest BCUT2D eigenvalue weighted by atomic mass is 35.5. The van der Waals surface area contributed by atoms with E-state index in [2.05, 4.69) is 9.97 Å². The van der Waals surface area contributed by atoms with Gasteiger partial charge >= 0.3 is 0 Å². The quantitative estimate of drug-likeness (QED) is 0.524. The average Bonchev–Trinajstić information content (AvgIpc) is 2.95. The number of rotatable bonds is 3. The van der Waals surface area contributed by atoms with E-state index < -0.39 is 5.91 Å². The van der Waals surface area contributed by atoms with Gasteiger partial charge in [0.25, 0.3) is 5.91 Å². The highest BCUT2D eigenvalue weighted by Gasteiger charge is 2.25. The molecule has 4 nitrogen and oxygen atoms in total. The predicted octanol–water partition coefficient (Wildman–Crippen LogP) is 5.97. The number of hydrogen-bond donors (Lipinski definition) is 0. The molecule has 0 atom stereocenters. The van der Waals surface area contributed by atoms with Gasteiger partial charge in [-0.1, -0.05) is 57.7 Å².